The molecule has 0 amide bonds. The molecule has 0 saturated carbocycles. The Balaban J connectivity index is 2.12. The summed E-state index contributed by atoms with van der Waals surface area (Å²) in [4.78, 5) is 0. The second-order valence-corrected chi connectivity index (χ2v) is 6.22. The van der Waals surface area contributed by atoms with Crippen molar-refractivity contribution < 1.29 is 17.9 Å². The molecule has 0 heterocycles. The van der Waals surface area contributed by atoms with E-state index in [4.69, 9.17) is 17.0 Å². The van der Waals surface area contributed by atoms with E-state index in [2.05, 4.69) is 0 Å². The molecule has 0 bridgehead atoms. The van der Waals surface area contributed by atoms with E-state index in [1.807, 2.05) is 30.3 Å². The van der Waals surface area contributed by atoms with Crippen LogP contribution in [-0.2, 0) is 5.75 Å². The molecule has 0 N–H and O–H groups in total. The Hall–Kier alpha value is -1.53. The zero-order valence-corrected chi connectivity index (χ0v) is 13.6. The predicted molar refractivity (Wildman–Crippen MR) is 86.8 cm³/mol. The fourth-order valence-electron chi connectivity index (χ4n) is 1.81. The van der Waals surface area contributed by atoms with E-state index >= 15 is 0 Å². The lowest BCUT2D eigenvalue weighted by atomic mass is 10.1. The third-order valence-corrected chi connectivity index (χ3v) is 4.34. The molecule has 1 nitrogen and oxygen atoms in total. The van der Waals surface area contributed by atoms with Gasteiger partial charge in [0.1, 0.15) is 0 Å². The van der Waals surface area contributed by atoms with Gasteiger partial charge in [-0.1, -0.05) is 42.1 Å². The van der Waals surface area contributed by atoms with Crippen LogP contribution in [0, 0.1) is 31.3 Å². The molecule has 0 aliphatic carbocycles. The zero-order chi connectivity index (χ0) is 16.3. The Morgan fingerprint density at radius 1 is 1.00 bits per heavy atom. The third kappa shape index (κ3) is 3.62. The first-order valence-electron chi connectivity index (χ1n) is 6.44. The van der Waals surface area contributed by atoms with Crippen LogP contribution in [0.2, 0.25) is 0 Å². The van der Waals surface area contributed by atoms with Crippen LogP contribution in [0.1, 0.15) is 16.7 Å². The summed E-state index contributed by atoms with van der Waals surface area (Å²) in [5.74, 6) is -3.07. The summed E-state index contributed by atoms with van der Waals surface area (Å²) in [5.41, 5.74) is 0.370. The Labute approximate surface area is 136 Å². The van der Waals surface area contributed by atoms with Gasteiger partial charge in [-0.3, -0.25) is 0 Å². The Bertz CT molecular complexity index is 673. The molecule has 116 valence electrons. The molecule has 0 aliphatic heterocycles. The van der Waals surface area contributed by atoms with Gasteiger partial charge in [-0.15, -0.1) is 0 Å². The summed E-state index contributed by atoms with van der Waals surface area (Å²) in [6.07, 6.45) is 0. The van der Waals surface area contributed by atoms with Gasteiger partial charge in [0.15, 0.2) is 23.2 Å². The van der Waals surface area contributed by atoms with Gasteiger partial charge in [-0.2, -0.15) is 0 Å². The first kappa shape index (κ1) is 16.8. The van der Waals surface area contributed by atoms with Crippen molar-refractivity contribution in [2.24, 2.45) is 0 Å². The fraction of sp³-hybridized carbons (Fsp3) is 0.188. The van der Waals surface area contributed by atoms with E-state index in [0.717, 1.165) is 12.5 Å². The lowest BCUT2D eigenvalue weighted by molar-refractivity contribution is 0.445. The molecular weight excluding hydrogens is 329 g/mol. The summed E-state index contributed by atoms with van der Waals surface area (Å²) in [7, 11) is 0. The van der Waals surface area contributed by atoms with Crippen LogP contribution in [-0.4, -0.2) is 4.38 Å². The number of thioether (sulfide) groups is 1. The standard InChI is InChI=1S/C16H13F3OS2/c1-9-12(17)13(18)10(2)15(14(9)19)20-16(21)22-8-11-6-4-3-5-7-11/h3-7H,8H2,1-2H3. The van der Waals surface area contributed by atoms with E-state index in [0.29, 0.717) is 5.75 Å². The SMILES string of the molecule is Cc1c(F)c(F)c(C)c(OC(=S)SCc2ccccc2)c1F. The molecule has 0 spiro atoms. The Morgan fingerprint density at radius 2 is 1.59 bits per heavy atom. The number of ether oxygens (including phenoxy) is 1. The number of hydrogen-bond donors (Lipinski definition) is 0. The maximum Gasteiger partial charge on any atom is 0.226 e. The van der Waals surface area contributed by atoms with Crippen molar-refractivity contribution in [1.82, 2.24) is 0 Å². The van der Waals surface area contributed by atoms with Gasteiger partial charge in [-0.25, -0.2) is 13.2 Å². The van der Waals surface area contributed by atoms with E-state index < -0.39 is 23.0 Å². The quantitative estimate of drug-likeness (QED) is 0.552. The van der Waals surface area contributed by atoms with Crippen molar-refractivity contribution in [3.05, 3.63) is 64.5 Å². The van der Waals surface area contributed by atoms with Gasteiger partial charge in [0, 0.05) is 16.9 Å². The molecule has 2 aromatic rings. The highest BCUT2D eigenvalue weighted by Gasteiger charge is 2.22. The van der Waals surface area contributed by atoms with E-state index in [-0.39, 0.29) is 15.7 Å². The molecule has 0 aromatic heterocycles. The third-order valence-electron chi connectivity index (χ3n) is 3.11. The molecule has 22 heavy (non-hydrogen) atoms. The Kier molecular flexibility index (Phi) is 5.47. The van der Waals surface area contributed by atoms with Crippen molar-refractivity contribution in [3.63, 3.8) is 0 Å². The molecule has 0 saturated heterocycles. The largest absolute Gasteiger partial charge is 0.436 e. The Morgan fingerprint density at radius 3 is 2.23 bits per heavy atom. The topological polar surface area (TPSA) is 9.23 Å². The monoisotopic (exact) mass is 342 g/mol. The first-order chi connectivity index (χ1) is 10.4. The minimum Gasteiger partial charge on any atom is -0.436 e. The number of halogens is 3. The van der Waals surface area contributed by atoms with Gasteiger partial charge in [0.05, 0.1) is 0 Å². The molecule has 0 fully saturated rings. The summed E-state index contributed by atoms with van der Waals surface area (Å²) in [6, 6.07) is 9.52. The molecular formula is C16H13F3OS2. The number of rotatable bonds is 3. The smallest absolute Gasteiger partial charge is 0.226 e. The maximum atomic E-state index is 14.0. The molecule has 2 rings (SSSR count). The van der Waals surface area contributed by atoms with E-state index in [9.17, 15) is 13.2 Å². The van der Waals surface area contributed by atoms with Crippen molar-refractivity contribution >= 4 is 28.4 Å². The highest BCUT2D eigenvalue weighted by Crippen LogP contribution is 2.31. The molecule has 0 aliphatic rings. The molecule has 2 aromatic carbocycles. The average molecular weight is 342 g/mol. The number of thiocarbonyl (C=S) groups is 1. The van der Waals surface area contributed by atoms with Crippen molar-refractivity contribution in [1.29, 1.82) is 0 Å². The van der Waals surface area contributed by atoms with Crippen LogP contribution >= 0.6 is 24.0 Å². The van der Waals surface area contributed by atoms with Crippen LogP contribution in [0.15, 0.2) is 30.3 Å². The van der Waals surface area contributed by atoms with Gasteiger partial charge in [-0.05, 0) is 31.6 Å². The predicted octanol–water partition coefficient (Wildman–Crippen LogP) is 5.32. The minimum absolute atomic E-state index is 0.0521. The lowest BCUT2D eigenvalue weighted by Crippen LogP contribution is -2.08. The van der Waals surface area contributed by atoms with Crippen LogP contribution in [0.4, 0.5) is 13.2 Å². The van der Waals surface area contributed by atoms with E-state index in [1.54, 1.807) is 0 Å². The van der Waals surface area contributed by atoms with Crippen molar-refractivity contribution in [2.45, 2.75) is 19.6 Å². The summed E-state index contributed by atoms with van der Waals surface area (Å²) in [6.45, 7) is 2.40. The number of hydrogen-bond acceptors (Lipinski definition) is 3. The minimum atomic E-state index is -1.20. The van der Waals surface area contributed by atoms with Crippen LogP contribution in [0.3, 0.4) is 0 Å². The highest BCUT2D eigenvalue weighted by atomic mass is 32.2. The van der Waals surface area contributed by atoms with Crippen molar-refractivity contribution in [3.8, 4) is 5.75 Å². The highest BCUT2D eigenvalue weighted by molar-refractivity contribution is 8.22. The second kappa shape index (κ2) is 7.15. The van der Waals surface area contributed by atoms with Gasteiger partial charge >= 0.3 is 0 Å². The summed E-state index contributed by atoms with van der Waals surface area (Å²) in [5, 5.41) is 0. The van der Waals surface area contributed by atoms with Crippen LogP contribution < -0.4 is 4.74 Å². The maximum absolute atomic E-state index is 14.0. The van der Waals surface area contributed by atoms with Crippen LogP contribution in [0.25, 0.3) is 0 Å². The molecule has 0 atom stereocenters. The van der Waals surface area contributed by atoms with Crippen LogP contribution in [0.5, 0.6) is 5.75 Å². The fourth-order valence-corrected chi connectivity index (χ4v) is 2.69. The van der Waals surface area contributed by atoms with Gasteiger partial charge < -0.3 is 4.74 Å². The molecule has 6 heteroatoms. The van der Waals surface area contributed by atoms with Gasteiger partial charge in [0.2, 0.25) is 4.38 Å². The second-order valence-electron chi connectivity index (χ2n) is 4.65. The zero-order valence-electron chi connectivity index (χ0n) is 12.0. The van der Waals surface area contributed by atoms with Crippen molar-refractivity contribution in [2.75, 3.05) is 0 Å². The number of benzene rings is 2. The molecule has 0 radical (unpaired) electrons. The molecule has 0 unspecified atom stereocenters. The summed E-state index contributed by atoms with van der Waals surface area (Å²) >= 11 is 6.22. The normalized spacial score (nSPS) is 10.6. The van der Waals surface area contributed by atoms with E-state index in [1.165, 1.54) is 18.7 Å². The summed E-state index contributed by atoms with van der Waals surface area (Å²) < 4.78 is 46.4. The first-order valence-corrected chi connectivity index (χ1v) is 7.83. The van der Waals surface area contributed by atoms with Gasteiger partial charge in [0.25, 0.3) is 0 Å². The lowest BCUT2D eigenvalue weighted by Gasteiger charge is -2.13. The average Bonchev–Trinajstić information content (AvgIpc) is 2.54.